The highest BCUT2D eigenvalue weighted by Crippen LogP contribution is 2.46. The summed E-state index contributed by atoms with van der Waals surface area (Å²) >= 11 is 1.21. The number of ether oxygens (including phenoxy) is 1. The molecule has 1 aliphatic heterocycles. The average Bonchev–Trinajstić information content (AvgIpc) is 3.54. The number of aromatic nitrogens is 1. The fourth-order valence-corrected chi connectivity index (χ4v) is 7.40. The molecule has 0 aliphatic carbocycles. The van der Waals surface area contributed by atoms with E-state index in [-0.39, 0.29) is 16.1 Å². The maximum absolute atomic E-state index is 14.7. The van der Waals surface area contributed by atoms with Crippen LogP contribution in [0.3, 0.4) is 0 Å². The molecular weight excluding hydrogens is 565 g/mol. The van der Waals surface area contributed by atoms with Gasteiger partial charge in [-0.05, 0) is 66.0 Å². The Morgan fingerprint density at radius 1 is 1.10 bits per heavy atom. The van der Waals surface area contributed by atoms with Gasteiger partial charge in [-0.2, -0.15) is 5.26 Å². The number of carboxylic acids is 1. The lowest BCUT2D eigenvalue weighted by Crippen LogP contribution is -2.50. The first-order valence-corrected chi connectivity index (χ1v) is 14.8. The molecule has 0 bridgehead atoms. The SMILES string of the molecule is COc1ccc(S(=O)(=O)n2c(-c3cccc(N4CC(C(=O)O)C4)c3)c(-c3ccsc3C#N)c3cc(F)ccc32)cc1. The summed E-state index contributed by atoms with van der Waals surface area (Å²) in [6.07, 6.45) is 0. The van der Waals surface area contributed by atoms with Gasteiger partial charge in [-0.15, -0.1) is 11.3 Å². The standard InChI is InChI=1S/C30H22FN3O5S2/c1-39-22-6-8-23(9-7-22)41(37,38)34-26-10-5-20(31)14-25(26)28(24-11-12-40-27(24)15-32)29(34)18-3-2-4-21(13-18)33-16-19(17-33)30(35)36/h2-14,19H,16-17H2,1H3,(H,35,36). The molecule has 8 nitrogen and oxygen atoms in total. The molecule has 1 fully saturated rings. The summed E-state index contributed by atoms with van der Waals surface area (Å²) in [6.45, 7) is 0.653. The molecule has 1 N–H and O–H groups in total. The zero-order chi connectivity index (χ0) is 28.9. The van der Waals surface area contributed by atoms with E-state index in [1.54, 1.807) is 41.8 Å². The van der Waals surface area contributed by atoms with Gasteiger partial charge in [0.15, 0.2) is 0 Å². The highest BCUT2D eigenvalue weighted by Gasteiger charge is 2.34. The molecule has 11 heteroatoms. The summed E-state index contributed by atoms with van der Waals surface area (Å²) in [5, 5.41) is 21.3. The second kappa shape index (κ2) is 10.1. The summed E-state index contributed by atoms with van der Waals surface area (Å²) in [5.74, 6) is -1.41. The zero-order valence-electron chi connectivity index (χ0n) is 21.6. The van der Waals surface area contributed by atoms with Crippen molar-refractivity contribution >= 4 is 43.9 Å². The number of anilines is 1. The van der Waals surface area contributed by atoms with Crippen LogP contribution in [-0.2, 0) is 14.8 Å². The lowest BCUT2D eigenvalue weighted by atomic mass is 9.96. The molecule has 0 spiro atoms. The predicted octanol–water partition coefficient (Wildman–Crippen LogP) is 5.81. The van der Waals surface area contributed by atoms with E-state index in [1.165, 1.54) is 52.8 Å². The molecule has 206 valence electrons. The molecule has 1 saturated heterocycles. The number of rotatable bonds is 7. The fourth-order valence-electron chi connectivity index (χ4n) is 5.16. The number of methoxy groups -OCH3 is 1. The molecule has 6 rings (SSSR count). The first-order chi connectivity index (χ1) is 19.7. The Morgan fingerprint density at radius 2 is 1.85 bits per heavy atom. The normalized spacial score (nSPS) is 13.6. The molecule has 0 atom stereocenters. The summed E-state index contributed by atoms with van der Waals surface area (Å²) < 4.78 is 49.8. The largest absolute Gasteiger partial charge is 0.497 e. The van der Waals surface area contributed by atoms with Crippen LogP contribution in [0.1, 0.15) is 4.88 Å². The minimum Gasteiger partial charge on any atom is -0.497 e. The molecule has 0 saturated carbocycles. The Hall–Kier alpha value is -4.66. The topological polar surface area (TPSA) is 113 Å². The first-order valence-electron chi connectivity index (χ1n) is 12.5. The number of hydrogen-bond donors (Lipinski definition) is 1. The predicted molar refractivity (Wildman–Crippen MR) is 154 cm³/mol. The maximum atomic E-state index is 14.7. The Kier molecular flexibility index (Phi) is 6.52. The number of benzene rings is 3. The van der Waals surface area contributed by atoms with Crippen molar-refractivity contribution in [3.05, 3.63) is 88.9 Å². The molecule has 0 unspecified atom stereocenters. The first kappa shape index (κ1) is 26.6. The summed E-state index contributed by atoms with van der Waals surface area (Å²) in [4.78, 5) is 13.6. The van der Waals surface area contributed by atoms with Crippen LogP contribution in [0.25, 0.3) is 33.3 Å². The molecule has 3 aromatic carbocycles. The van der Waals surface area contributed by atoms with Crippen molar-refractivity contribution in [3.63, 3.8) is 0 Å². The summed E-state index contributed by atoms with van der Waals surface area (Å²) in [5.41, 5.74) is 2.67. The monoisotopic (exact) mass is 587 g/mol. The van der Waals surface area contributed by atoms with Crippen molar-refractivity contribution in [2.45, 2.75) is 4.90 Å². The van der Waals surface area contributed by atoms with E-state index in [0.717, 1.165) is 5.69 Å². The van der Waals surface area contributed by atoms with Crippen molar-refractivity contribution in [1.29, 1.82) is 5.26 Å². The third-order valence-electron chi connectivity index (χ3n) is 7.24. The van der Waals surface area contributed by atoms with Crippen molar-refractivity contribution in [3.8, 4) is 34.2 Å². The molecule has 41 heavy (non-hydrogen) atoms. The number of nitrogens with zero attached hydrogens (tertiary/aromatic N) is 3. The van der Waals surface area contributed by atoms with Crippen molar-refractivity contribution in [1.82, 2.24) is 3.97 Å². The van der Waals surface area contributed by atoms with Gasteiger partial charge >= 0.3 is 5.97 Å². The Morgan fingerprint density at radius 3 is 2.54 bits per heavy atom. The minimum atomic E-state index is -4.25. The van der Waals surface area contributed by atoms with Crippen LogP contribution in [0.15, 0.2) is 83.1 Å². The second-order valence-corrected chi connectivity index (χ2v) is 12.3. The number of halogens is 1. The van der Waals surface area contributed by atoms with Gasteiger partial charge in [0.1, 0.15) is 22.5 Å². The number of nitriles is 1. The van der Waals surface area contributed by atoms with Crippen LogP contribution in [0, 0.1) is 23.1 Å². The van der Waals surface area contributed by atoms with Crippen LogP contribution in [0.5, 0.6) is 5.75 Å². The molecule has 3 heterocycles. The molecular formula is C30H22FN3O5S2. The van der Waals surface area contributed by atoms with Gasteiger partial charge in [0.25, 0.3) is 10.0 Å². The highest BCUT2D eigenvalue weighted by molar-refractivity contribution is 7.90. The summed E-state index contributed by atoms with van der Waals surface area (Å²) in [6, 6.07) is 21.0. The van der Waals surface area contributed by atoms with Gasteiger partial charge < -0.3 is 14.7 Å². The molecule has 5 aromatic rings. The highest BCUT2D eigenvalue weighted by atomic mass is 32.2. The van der Waals surface area contributed by atoms with E-state index in [1.807, 2.05) is 11.0 Å². The van der Waals surface area contributed by atoms with Crippen molar-refractivity contribution in [2.24, 2.45) is 5.92 Å². The van der Waals surface area contributed by atoms with Gasteiger partial charge in [0, 0.05) is 40.9 Å². The van der Waals surface area contributed by atoms with Crippen molar-refractivity contribution < 1.29 is 27.4 Å². The molecule has 0 radical (unpaired) electrons. The minimum absolute atomic E-state index is 0.00125. The maximum Gasteiger partial charge on any atom is 0.310 e. The second-order valence-electron chi connectivity index (χ2n) is 9.60. The van der Waals surface area contributed by atoms with E-state index in [2.05, 4.69) is 6.07 Å². The number of fused-ring (bicyclic) bond motifs is 1. The van der Waals surface area contributed by atoms with Crippen LogP contribution >= 0.6 is 11.3 Å². The number of carbonyl (C=O) groups is 1. The van der Waals surface area contributed by atoms with E-state index in [9.17, 15) is 28.0 Å². The molecule has 2 aromatic heterocycles. The van der Waals surface area contributed by atoms with E-state index in [4.69, 9.17) is 4.74 Å². The van der Waals surface area contributed by atoms with E-state index in [0.29, 0.717) is 45.8 Å². The van der Waals surface area contributed by atoms with Crippen LogP contribution in [0.2, 0.25) is 0 Å². The quantitative estimate of drug-likeness (QED) is 0.256. The third-order valence-corrected chi connectivity index (χ3v) is 9.78. The lowest BCUT2D eigenvalue weighted by molar-refractivity contribution is -0.142. The third kappa shape index (κ3) is 4.41. The van der Waals surface area contributed by atoms with Gasteiger partial charge in [0.05, 0.1) is 29.1 Å². The average molecular weight is 588 g/mol. The molecule has 1 aliphatic rings. The Labute approximate surface area is 239 Å². The van der Waals surface area contributed by atoms with Gasteiger partial charge in [-0.3, -0.25) is 4.79 Å². The fraction of sp³-hybridized carbons (Fsp3) is 0.133. The van der Waals surface area contributed by atoms with Gasteiger partial charge in [0.2, 0.25) is 0 Å². The molecule has 0 amide bonds. The van der Waals surface area contributed by atoms with Gasteiger partial charge in [-0.25, -0.2) is 16.8 Å². The number of carboxylic acid groups (broad SMARTS) is 1. The number of thiophene rings is 1. The number of hydrogen-bond acceptors (Lipinski definition) is 7. The van der Waals surface area contributed by atoms with E-state index >= 15 is 0 Å². The van der Waals surface area contributed by atoms with Gasteiger partial charge in [-0.1, -0.05) is 12.1 Å². The number of aliphatic carboxylic acids is 1. The van der Waals surface area contributed by atoms with E-state index < -0.39 is 27.7 Å². The van der Waals surface area contributed by atoms with Crippen LogP contribution in [0.4, 0.5) is 10.1 Å². The van der Waals surface area contributed by atoms with Crippen LogP contribution < -0.4 is 9.64 Å². The zero-order valence-corrected chi connectivity index (χ0v) is 23.2. The Balaban J connectivity index is 1.66. The lowest BCUT2D eigenvalue weighted by Gasteiger charge is -2.38. The van der Waals surface area contributed by atoms with Crippen LogP contribution in [-0.4, -0.2) is 43.7 Å². The smallest absolute Gasteiger partial charge is 0.310 e. The Bertz CT molecular complexity index is 1970. The van der Waals surface area contributed by atoms with Crippen molar-refractivity contribution in [2.75, 3.05) is 25.1 Å². The summed E-state index contributed by atoms with van der Waals surface area (Å²) in [7, 11) is -2.76.